The molecule has 0 spiro atoms. The molecule has 2 atom stereocenters. The third kappa shape index (κ3) is 1.56. The molecule has 2 bridgehead atoms. The van der Waals surface area contributed by atoms with E-state index in [2.05, 4.69) is 11.8 Å². The normalized spacial score (nSPS) is 34.1. The van der Waals surface area contributed by atoms with Crippen LogP contribution in [0.1, 0.15) is 26.7 Å². The summed E-state index contributed by atoms with van der Waals surface area (Å²) in [6.07, 6.45) is 1.51. The van der Waals surface area contributed by atoms with Crippen LogP contribution in [0.2, 0.25) is 0 Å². The van der Waals surface area contributed by atoms with Gasteiger partial charge in [0.25, 0.3) is 0 Å². The Labute approximate surface area is 95.9 Å². The van der Waals surface area contributed by atoms with Gasteiger partial charge in [-0.1, -0.05) is 6.92 Å². The molecule has 0 aromatic carbocycles. The first-order valence-electron chi connectivity index (χ1n) is 6.08. The Bertz CT molecular complexity index is 315. The average Bonchev–Trinajstić information content (AvgIpc) is 2.51. The molecular weight excluding hydrogens is 206 g/mol. The molecule has 0 N–H and O–H groups in total. The fourth-order valence-corrected chi connectivity index (χ4v) is 2.93. The van der Waals surface area contributed by atoms with Gasteiger partial charge in [-0.2, -0.15) is 0 Å². The third-order valence-electron chi connectivity index (χ3n) is 3.85. The van der Waals surface area contributed by atoms with Crippen LogP contribution in [0.25, 0.3) is 0 Å². The fourth-order valence-electron chi connectivity index (χ4n) is 2.93. The maximum Gasteiger partial charge on any atom is 0.320 e. The highest BCUT2D eigenvalue weighted by Gasteiger charge is 2.57. The maximum atomic E-state index is 12.2. The van der Waals surface area contributed by atoms with Crippen LogP contribution in [0.3, 0.4) is 0 Å². The van der Waals surface area contributed by atoms with E-state index >= 15 is 0 Å². The van der Waals surface area contributed by atoms with Gasteiger partial charge in [-0.25, -0.2) is 0 Å². The van der Waals surface area contributed by atoms with Gasteiger partial charge in [0.2, 0.25) is 0 Å². The number of rotatable bonds is 3. The Kier molecular flexibility index (Phi) is 3.02. The van der Waals surface area contributed by atoms with Crippen molar-refractivity contribution in [2.75, 3.05) is 26.2 Å². The molecule has 4 heteroatoms. The second-order valence-electron chi connectivity index (χ2n) is 4.73. The maximum absolute atomic E-state index is 12.2. The number of hydrogen-bond acceptors (Lipinski definition) is 4. The number of ketones is 1. The minimum Gasteiger partial charge on any atom is -0.465 e. The number of esters is 1. The highest BCUT2D eigenvalue weighted by atomic mass is 16.5. The van der Waals surface area contributed by atoms with Crippen molar-refractivity contribution in [3.8, 4) is 0 Å². The van der Waals surface area contributed by atoms with E-state index in [1.165, 1.54) is 0 Å². The number of ether oxygens (including phenoxy) is 1. The summed E-state index contributed by atoms with van der Waals surface area (Å²) in [4.78, 5) is 26.3. The quantitative estimate of drug-likeness (QED) is 0.528. The number of fused-ring (bicyclic) bond motifs is 2. The lowest BCUT2D eigenvalue weighted by molar-refractivity contribution is -0.162. The van der Waals surface area contributed by atoms with Gasteiger partial charge in [-0.3, -0.25) is 9.59 Å². The molecular formula is C12H19NO3. The first-order chi connectivity index (χ1) is 7.64. The zero-order chi connectivity index (χ0) is 11.8. The van der Waals surface area contributed by atoms with Gasteiger partial charge >= 0.3 is 5.97 Å². The van der Waals surface area contributed by atoms with E-state index in [0.29, 0.717) is 19.6 Å². The minimum atomic E-state index is -0.838. The highest BCUT2D eigenvalue weighted by Crippen LogP contribution is 2.44. The van der Waals surface area contributed by atoms with Crippen LogP contribution in [-0.4, -0.2) is 42.9 Å². The molecule has 0 radical (unpaired) electrons. The van der Waals surface area contributed by atoms with Crippen molar-refractivity contribution in [2.24, 2.45) is 11.3 Å². The van der Waals surface area contributed by atoms with Crippen LogP contribution >= 0.6 is 0 Å². The van der Waals surface area contributed by atoms with Gasteiger partial charge in [-0.15, -0.1) is 0 Å². The molecule has 4 nitrogen and oxygen atoms in total. The van der Waals surface area contributed by atoms with Crippen LogP contribution in [0.15, 0.2) is 0 Å². The molecule has 1 heterocycles. The summed E-state index contributed by atoms with van der Waals surface area (Å²) < 4.78 is 5.08. The molecule has 90 valence electrons. The number of carbonyl (C=O) groups excluding carboxylic acids is 2. The van der Waals surface area contributed by atoms with Crippen molar-refractivity contribution in [2.45, 2.75) is 26.7 Å². The largest absolute Gasteiger partial charge is 0.465 e. The summed E-state index contributed by atoms with van der Waals surface area (Å²) in [6.45, 7) is 6.46. The summed E-state index contributed by atoms with van der Waals surface area (Å²) in [6, 6.07) is 0. The number of hydrogen-bond donors (Lipinski definition) is 0. The molecule has 2 unspecified atom stereocenters. The standard InChI is InChI=1S/C12H19NO3/c1-3-13-7-9-5-6-12(8-13,10(9)14)11(15)16-4-2/h9H,3-8H2,1-2H3. The van der Waals surface area contributed by atoms with E-state index in [9.17, 15) is 9.59 Å². The molecule has 0 aromatic heterocycles. The predicted octanol–water partition coefficient (Wildman–Crippen LogP) is 0.851. The van der Waals surface area contributed by atoms with Crippen LogP contribution in [0.4, 0.5) is 0 Å². The zero-order valence-corrected chi connectivity index (χ0v) is 9.99. The van der Waals surface area contributed by atoms with Crippen molar-refractivity contribution in [1.29, 1.82) is 0 Å². The molecule has 1 aliphatic heterocycles. The van der Waals surface area contributed by atoms with E-state index in [4.69, 9.17) is 4.74 Å². The van der Waals surface area contributed by atoms with Crippen molar-refractivity contribution in [1.82, 2.24) is 4.90 Å². The van der Waals surface area contributed by atoms with E-state index in [-0.39, 0.29) is 17.7 Å². The molecule has 0 amide bonds. The lowest BCUT2D eigenvalue weighted by Crippen LogP contribution is -2.53. The Balaban J connectivity index is 2.23. The molecule has 1 saturated heterocycles. The molecule has 2 aliphatic rings. The number of carbonyl (C=O) groups is 2. The fraction of sp³-hybridized carbons (Fsp3) is 0.833. The third-order valence-corrected chi connectivity index (χ3v) is 3.85. The van der Waals surface area contributed by atoms with Crippen molar-refractivity contribution in [3.63, 3.8) is 0 Å². The van der Waals surface area contributed by atoms with Gasteiger partial charge < -0.3 is 9.64 Å². The lowest BCUT2D eigenvalue weighted by Gasteiger charge is -2.36. The summed E-state index contributed by atoms with van der Waals surface area (Å²) >= 11 is 0. The second kappa shape index (κ2) is 4.17. The zero-order valence-electron chi connectivity index (χ0n) is 9.99. The summed E-state index contributed by atoms with van der Waals surface area (Å²) in [5.74, 6) is -0.130. The van der Waals surface area contributed by atoms with Crippen LogP contribution in [-0.2, 0) is 14.3 Å². The number of nitrogens with zero attached hydrogens (tertiary/aromatic N) is 1. The van der Waals surface area contributed by atoms with E-state index in [0.717, 1.165) is 19.5 Å². The first-order valence-corrected chi connectivity index (χ1v) is 6.08. The molecule has 0 aromatic rings. The molecule has 16 heavy (non-hydrogen) atoms. The van der Waals surface area contributed by atoms with Crippen LogP contribution in [0, 0.1) is 11.3 Å². The van der Waals surface area contributed by atoms with Crippen molar-refractivity contribution < 1.29 is 14.3 Å². The smallest absolute Gasteiger partial charge is 0.320 e. The number of likely N-dealkylation sites (tertiary alicyclic amines) is 1. The molecule has 2 rings (SSSR count). The van der Waals surface area contributed by atoms with E-state index < -0.39 is 5.41 Å². The van der Waals surface area contributed by atoms with Gasteiger partial charge in [0.15, 0.2) is 5.78 Å². The Morgan fingerprint density at radius 3 is 2.94 bits per heavy atom. The predicted molar refractivity (Wildman–Crippen MR) is 58.9 cm³/mol. The summed E-state index contributed by atoms with van der Waals surface area (Å²) in [7, 11) is 0. The summed E-state index contributed by atoms with van der Waals surface area (Å²) in [5, 5.41) is 0. The SMILES string of the molecule is CCOC(=O)C12CCC(CN(CC)C1)C2=O. The van der Waals surface area contributed by atoms with Gasteiger partial charge in [-0.05, 0) is 26.3 Å². The van der Waals surface area contributed by atoms with Crippen LogP contribution < -0.4 is 0 Å². The van der Waals surface area contributed by atoms with Gasteiger partial charge in [0.05, 0.1) is 6.61 Å². The van der Waals surface area contributed by atoms with E-state index in [1.54, 1.807) is 6.92 Å². The number of piperidine rings is 1. The number of Topliss-reactive ketones (excluding diaryl/α,β-unsaturated/α-hetero) is 1. The Morgan fingerprint density at radius 1 is 1.56 bits per heavy atom. The molecule has 1 saturated carbocycles. The molecule has 2 fully saturated rings. The van der Waals surface area contributed by atoms with E-state index in [1.807, 2.05) is 0 Å². The van der Waals surface area contributed by atoms with Crippen molar-refractivity contribution >= 4 is 11.8 Å². The molecule has 1 aliphatic carbocycles. The lowest BCUT2D eigenvalue weighted by atomic mass is 9.80. The first kappa shape index (κ1) is 11.6. The van der Waals surface area contributed by atoms with Crippen molar-refractivity contribution in [3.05, 3.63) is 0 Å². The monoisotopic (exact) mass is 225 g/mol. The second-order valence-corrected chi connectivity index (χ2v) is 4.73. The average molecular weight is 225 g/mol. The Hall–Kier alpha value is -0.900. The highest BCUT2D eigenvalue weighted by molar-refractivity contribution is 6.07. The van der Waals surface area contributed by atoms with Gasteiger partial charge in [0, 0.05) is 19.0 Å². The van der Waals surface area contributed by atoms with Crippen LogP contribution in [0.5, 0.6) is 0 Å². The summed E-state index contributed by atoms with van der Waals surface area (Å²) in [5.41, 5.74) is -0.838. The minimum absolute atomic E-state index is 0.0538. The Morgan fingerprint density at radius 2 is 2.31 bits per heavy atom. The topological polar surface area (TPSA) is 46.6 Å². The van der Waals surface area contributed by atoms with Gasteiger partial charge in [0.1, 0.15) is 5.41 Å².